The summed E-state index contributed by atoms with van der Waals surface area (Å²) in [5.74, 6) is -0.912. The molecule has 158 valence electrons. The molecule has 6 heteroatoms. The van der Waals surface area contributed by atoms with E-state index < -0.39 is 11.8 Å². The highest BCUT2D eigenvalue weighted by Gasteiger charge is 2.35. The van der Waals surface area contributed by atoms with Crippen LogP contribution in [0.3, 0.4) is 0 Å². The van der Waals surface area contributed by atoms with E-state index in [0.29, 0.717) is 5.69 Å². The second-order valence-electron chi connectivity index (χ2n) is 8.61. The maximum absolute atomic E-state index is 13.2. The smallest absolute Gasteiger partial charge is 0.270 e. The molecule has 1 saturated heterocycles. The van der Waals surface area contributed by atoms with Gasteiger partial charge in [-0.15, -0.1) is 0 Å². The molecule has 1 N–H and O–H groups in total. The van der Waals surface area contributed by atoms with Crippen LogP contribution in [0.1, 0.15) is 37.5 Å². The van der Waals surface area contributed by atoms with Crippen LogP contribution in [0.15, 0.2) is 54.1 Å². The molecule has 2 aliphatic rings. The number of hydrogen-bond acceptors (Lipinski definition) is 4. The fraction of sp³-hybridized carbons (Fsp3) is 0.240. The Morgan fingerprint density at radius 2 is 1.81 bits per heavy atom. The molecule has 0 radical (unpaired) electrons. The number of likely N-dealkylation sites (N-methyl/N-ethyl adjacent to an activating group) is 1. The van der Waals surface area contributed by atoms with Crippen molar-refractivity contribution in [3.63, 3.8) is 0 Å². The molecule has 4 rings (SSSR count). The number of aryl methyl sites for hydroxylation is 1. The summed E-state index contributed by atoms with van der Waals surface area (Å²) in [6.07, 6.45) is 3.86. The van der Waals surface area contributed by atoms with Crippen LogP contribution in [0.4, 0.5) is 11.4 Å². The van der Waals surface area contributed by atoms with Gasteiger partial charge in [0.1, 0.15) is 5.57 Å². The van der Waals surface area contributed by atoms with Crippen LogP contribution in [0, 0.1) is 6.92 Å². The lowest BCUT2D eigenvalue weighted by molar-refractivity contribution is -0.122. The van der Waals surface area contributed by atoms with E-state index in [1.54, 1.807) is 12.1 Å². The SMILES string of the molecule is CC1=CC(C)(C)N(C)c2ccc(/C=C3\C(=O)NC(=S)N(c4cccc(C)c4)C3=O)cc21. The van der Waals surface area contributed by atoms with Gasteiger partial charge < -0.3 is 4.90 Å². The maximum atomic E-state index is 13.2. The fourth-order valence-corrected chi connectivity index (χ4v) is 4.37. The molecular formula is C25H25N3O2S. The van der Waals surface area contributed by atoms with Gasteiger partial charge in [0.2, 0.25) is 0 Å². The molecule has 2 heterocycles. The molecule has 0 spiro atoms. The van der Waals surface area contributed by atoms with Gasteiger partial charge in [0.15, 0.2) is 5.11 Å². The standard InChI is InChI=1S/C25H25N3O2S/c1-15-7-6-8-18(11-15)28-23(30)20(22(29)26-24(28)31)13-17-9-10-21-19(12-17)16(2)14-25(3,4)27(21)5/h6-14H,1-5H3,(H,26,29,31)/b20-13+. The van der Waals surface area contributed by atoms with Crippen LogP contribution < -0.4 is 15.1 Å². The van der Waals surface area contributed by atoms with Gasteiger partial charge in [0.25, 0.3) is 11.8 Å². The predicted molar refractivity (Wildman–Crippen MR) is 130 cm³/mol. The van der Waals surface area contributed by atoms with Gasteiger partial charge in [0.05, 0.1) is 11.2 Å². The summed E-state index contributed by atoms with van der Waals surface area (Å²) in [4.78, 5) is 29.5. The topological polar surface area (TPSA) is 52.7 Å². The van der Waals surface area contributed by atoms with E-state index in [9.17, 15) is 9.59 Å². The van der Waals surface area contributed by atoms with Crippen molar-refractivity contribution < 1.29 is 9.59 Å². The number of nitrogens with one attached hydrogen (secondary N) is 1. The second kappa shape index (κ2) is 7.46. The third-order valence-corrected chi connectivity index (χ3v) is 6.20. The lowest BCUT2D eigenvalue weighted by atomic mass is 9.88. The highest BCUT2D eigenvalue weighted by atomic mass is 32.1. The van der Waals surface area contributed by atoms with Gasteiger partial charge in [0, 0.05) is 18.3 Å². The summed E-state index contributed by atoms with van der Waals surface area (Å²) in [6, 6.07) is 13.5. The molecule has 0 unspecified atom stereocenters. The van der Waals surface area contributed by atoms with Crippen LogP contribution in [-0.4, -0.2) is 29.5 Å². The second-order valence-corrected chi connectivity index (χ2v) is 9.00. The number of carbonyl (C=O) groups excluding carboxylic acids is 2. The van der Waals surface area contributed by atoms with Gasteiger partial charge in [-0.2, -0.15) is 0 Å². The van der Waals surface area contributed by atoms with E-state index in [4.69, 9.17) is 12.2 Å². The Labute approximate surface area is 188 Å². The van der Waals surface area contributed by atoms with Crippen LogP contribution in [0.2, 0.25) is 0 Å². The lowest BCUT2D eigenvalue weighted by Gasteiger charge is -2.40. The average Bonchev–Trinajstić information content (AvgIpc) is 2.69. The molecule has 0 bridgehead atoms. The van der Waals surface area contributed by atoms with Crippen molar-refractivity contribution in [2.24, 2.45) is 0 Å². The molecule has 0 aliphatic carbocycles. The largest absolute Gasteiger partial charge is 0.366 e. The number of allylic oxidation sites excluding steroid dienone is 1. The van der Waals surface area contributed by atoms with Crippen molar-refractivity contribution >= 4 is 52.2 Å². The average molecular weight is 432 g/mol. The van der Waals surface area contributed by atoms with E-state index >= 15 is 0 Å². The monoisotopic (exact) mass is 431 g/mol. The van der Waals surface area contributed by atoms with Crippen LogP contribution >= 0.6 is 12.2 Å². The van der Waals surface area contributed by atoms with Gasteiger partial charge in [-0.3, -0.25) is 19.8 Å². The van der Waals surface area contributed by atoms with Crippen molar-refractivity contribution in [1.82, 2.24) is 5.32 Å². The van der Waals surface area contributed by atoms with E-state index in [0.717, 1.165) is 22.4 Å². The number of thiocarbonyl (C=S) groups is 1. The Morgan fingerprint density at radius 1 is 1.06 bits per heavy atom. The summed E-state index contributed by atoms with van der Waals surface area (Å²) >= 11 is 5.29. The van der Waals surface area contributed by atoms with Crippen LogP contribution in [0.25, 0.3) is 11.6 Å². The van der Waals surface area contributed by atoms with Gasteiger partial charge in [-0.05, 0) is 87.0 Å². The van der Waals surface area contributed by atoms with E-state index in [-0.39, 0.29) is 16.2 Å². The van der Waals surface area contributed by atoms with Crippen molar-refractivity contribution in [3.05, 3.63) is 70.8 Å². The zero-order chi connectivity index (χ0) is 22.5. The minimum atomic E-state index is -0.484. The number of nitrogens with zero attached hydrogens (tertiary/aromatic N) is 2. The number of anilines is 2. The minimum absolute atomic E-state index is 0.0567. The summed E-state index contributed by atoms with van der Waals surface area (Å²) in [7, 11) is 2.07. The molecule has 0 aromatic heterocycles. The summed E-state index contributed by atoms with van der Waals surface area (Å²) in [6.45, 7) is 8.37. The Bertz CT molecular complexity index is 1190. The highest BCUT2D eigenvalue weighted by Crippen LogP contribution is 2.38. The van der Waals surface area contributed by atoms with Gasteiger partial charge in [-0.25, -0.2) is 0 Å². The number of rotatable bonds is 2. The Balaban J connectivity index is 1.75. The molecule has 2 aromatic carbocycles. The van der Waals surface area contributed by atoms with Crippen molar-refractivity contribution in [2.75, 3.05) is 16.8 Å². The van der Waals surface area contributed by atoms with E-state index in [1.165, 1.54) is 10.5 Å². The minimum Gasteiger partial charge on any atom is -0.366 e. The number of hydrogen-bond donors (Lipinski definition) is 1. The molecular weight excluding hydrogens is 406 g/mol. The molecule has 1 fully saturated rings. The molecule has 2 amide bonds. The number of benzene rings is 2. The third kappa shape index (κ3) is 3.68. The summed E-state index contributed by atoms with van der Waals surface area (Å²) < 4.78 is 0. The molecule has 31 heavy (non-hydrogen) atoms. The van der Waals surface area contributed by atoms with Crippen molar-refractivity contribution in [3.8, 4) is 0 Å². The van der Waals surface area contributed by atoms with Crippen molar-refractivity contribution in [2.45, 2.75) is 33.2 Å². The maximum Gasteiger partial charge on any atom is 0.270 e. The lowest BCUT2D eigenvalue weighted by Crippen LogP contribution is -2.54. The Kier molecular flexibility index (Phi) is 5.06. The Hall–Kier alpha value is -3.25. The number of carbonyl (C=O) groups is 2. The zero-order valence-corrected chi connectivity index (χ0v) is 19.1. The van der Waals surface area contributed by atoms with Gasteiger partial charge >= 0.3 is 0 Å². The zero-order valence-electron chi connectivity index (χ0n) is 18.3. The van der Waals surface area contributed by atoms with Crippen LogP contribution in [-0.2, 0) is 9.59 Å². The summed E-state index contributed by atoms with van der Waals surface area (Å²) in [5, 5.41) is 2.74. The van der Waals surface area contributed by atoms with Crippen LogP contribution in [0.5, 0.6) is 0 Å². The first-order valence-electron chi connectivity index (χ1n) is 10.1. The first-order chi connectivity index (χ1) is 14.6. The Morgan fingerprint density at radius 3 is 2.52 bits per heavy atom. The molecule has 0 saturated carbocycles. The number of fused-ring (bicyclic) bond motifs is 1. The van der Waals surface area contributed by atoms with Gasteiger partial charge in [-0.1, -0.05) is 24.3 Å². The van der Waals surface area contributed by atoms with Crippen molar-refractivity contribution in [1.29, 1.82) is 0 Å². The van der Waals surface area contributed by atoms with E-state index in [2.05, 4.69) is 44.1 Å². The third-order valence-electron chi connectivity index (χ3n) is 5.91. The highest BCUT2D eigenvalue weighted by molar-refractivity contribution is 7.80. The normalized spacial score (nSPS) is 19.3. The summed E-state index contributed by atoms with van der Waals surface area (Å²) in [5.41, 5.74) is 5.77. The number of amides is 2. The first kappa shape index (κ1) is 21.0. The quantitative estimate of drug-likeness (QED) is 0.433. The fourth-order valence-electron chi connectivity index (χ4n) is 4.09. The molecule has 2 aromatic rings. The molecule has 2 aliphatic heterocycles. The molecule has 0 atom stereocenters. The first-order valence-corrected chi connectivity index (χ1v) is 10.5. The predicted octanol–water partition coefficient (Wildman–Crippen LogP) is 4.46. The molecule has 5 nitrogen and oxygen atoms in total. The van der Waals surface area contributed by atoms with E-state index in [1.807, 2.05) is 43.3 Å².